The van der Waals surface area contributed by atoms with Crippen LogP contribution in [0.4, 0.5) is 0 Å². The number of fused-ring (bicyclic) bond motifs is 3. The molecule has 0 atom stereocenters. The molecule has 0 bridgehead atoms. The molecule has 29 nitrogen and oxygen atoms in total. The molecule has 4 aliphatic heterocycles. The molecule has 92 heavy (non-hydrogen) atoms. The molecule has 1 fully saturated rings. The Morgan fingerprint density at radius 1 is 0.500 bits per heavy atom. The third-order valence-corrected chi connectivity index (χ3v) is 12.6. The summed E-state index contributed by atoms with van der Waals surface area (Å²) in [7, 11) is -0.357. The van der Waals surface area contributed by atoms with Crippen molar-refractivity contribution in [3.05, 3.63) is 142 Å². The molecule has 11 rings (SSSR count). The molecule has 3 aromatic carbocycles. The molecule has 0 radical (unpaired) electrons. The van der Waals surface area contributed by atoms with Gasteiger partial charge in [0, 0.05) is 35.1 Å². The van der Waals surface area contributed by atoms with Crippen molar-refractivity contribution in [3.63, 3.8) is 0 Å². The fraction of sp³-hybridized carbons (Fsp3) is 0.311. The summed E-state index contributed by atoms with van der Waals surface area (Å²) in [6, 6.07) is 22.0. The number of esters is 5. The van der Waals surface area contributed by atoms with Gasteiger partial charge in [-0.3, -0.25) is 4.79 Å². The highest BCUT2D eigenvalue weighted by Crippen LogP contribution is 2.39. The smallest absolute Gasteiger partial charge is 0.477 e. The zero-order valence-corrected chi connectivity index (χ0v) is 51.9. The molecule has 4 aliphatic rings. The highest BCUT2D eigenvalue weighted by atomic mass is 35.5. The van der Waals surface area contributed by atoms with E-state index in [9.17, 15) is 33.6 Å². The van der Waals surface area contributed by atoms with Crippen LogP contribution in [0.25, 0.3) is 22.5 Å². The van der Waals surface area contributed by atoms with E-state index in [1.54, 1.807) is 58.9 Å². The largest absolute Gasteiger partial charge is 0.494 e. The fourth-order valence-electron chi connectivity index (χ4n) is 7.39. The Morgan fingerprint density at radius 2 is 0.891 bits per heavy atom. The van der Waals surface area contributed by atoms with Crippen molar-refractivity contribution in [1.82, 2.24) is 39.9 Å². The van der Waals surface area contributed by atoms with E-state index >= 15 is 0 Å². The molecular formula is C61H62BClN8O21. The van der Waals surface area contributed by atoms with Gasteiger partial charge in [-0.1, -0.05) is 17.7 Å². The number of carbonyl (C=O) groups is 6. The Hall–Kier alpha value is -10.8. The molecule has 482 valence electrons. The molecule has 1 saturated heterocycles. The number of carboxylic acid groups (broad SMARTS) is 1. The van der Waals surface area contributed by atoms with Crippen LogP contribution < -0.4 is 39.4 Å². The number of ether oxygens (including phenoxy) is 11. The Kier molecular flexibility index (Phi) is 26.2. The zero-order valence-electron chi connectivity index (χ0n) is 51.2. The van der Waals surface area contributed by atoms with Gasteiger partial charge in [0.25, 0.3) is 5.56 Å². The van der Waals surface area contributed by atoms with Crippen LogP contribution in [-0.4, -0.2) is 153 Å². The van der Waals surface area contributed by atoms with Gasteiger partial charge in [0.1, 0.15) is 24.1 Å². The maximum absolute atomic E-state index is 11.7. The van der Waals surface area contributed by atoms with E-state index in [0.717, 1.165) is 40.5 Å². The van der Waals surface area contributed by atoms with E-state index in [1.165, 1.54) is 31.1 Å². The van der Waals surface area contributed by atoms with Crippen LogP contribution in [0.2, 0.25) is 5.15 Å². The van der Waals surface area contributed by atoms with E-state index in [4.69, 9.17) is 63.9 Å². The average molecular weight is 1290 g/mol. The molecule has 0 saturated carbocycles. The lowest BCUT2D eigenvalue weighted by Gasteiger charge is -2.32. The average Bonchev–Trinajstić information content (AvgIpc) is 1.63. The summed E-state index contributed by atoms with van der Waals surface area (Å²) in [6.07, 6.45) is 4.94. The number of rotatable bonds is 12. The quantitative estimate of drug-likeness (QED) is 0.0321. The molecule has 8 heterocycles. The minimum atomic E-state index is -1.08. The Morgan fingerprint density at radius 3 is 1.33 bits per heavy atom. The van der Waals surface area contributed by atoms with Gasteiger partial charge in [0.15, 0.2) is 57.3 Å². The number of nitrogens with zero attached hydrogens (tertiary/aromatic N) is 7. The lowest BCUT2D eigenvalue weighted by molar-refractivity contribution is -0.138. The first-order valence-electron chi connectivity index (χ1n) is 27.9. The van der Waals surface area contributed by atoms with Gasteiger partial charge < -0.3 is 71.5 Å². The Balaban J connectivity index is 0.000000178. The summed E-state index contributed by atoms with van der Waals surface area (Å²) in [5.74, 6) is 4.11. The predicted molar refractivity (Wildman–Crippen MR) is 323 cm³/mol. The number of carboxylic acids is 1. The van der Waals surface area contributed by atoms with Crippen LogP contribution in [0.1, 0.15) is 104 Å². The molecular weight excluding hydrogens is 1230 g/mol. The Bertz CT molecular complexity index is 3820. The van der Waals surface area contributed by atoms with Crippen LogP contribution >= 0.6 is 11.6 Å². The summed E-state index contributed by atoms with van der Waals surface area (Å²) in [5, 5.41) is 9.11. The zero-order chi connectivity index (χ0) is 66.8. The number of aromatic nitrogens is 8. The number of hydrogen-bond acceptors (Lipinski definition) is 27. The van der Waals surface area contributed by atoms with Gasteiger partial charge in [0.2, 0.25) is 20.4 Å². The van der Waals surface area contributed by atoms with Crippen LogP contribution in [0.15, 0.2) is 109 Å². The molecule has 31 heteroatoms. The Labute approximate surface area is 531 Å². The first kappa shape index (κ1) is 70.3. The van der Waals surface area contributed by atoms with Crippen molar-refractivity contribution in [2.45, 2.75) is 73.5 Å². The maximum atomic E-state index is 11.7. The van der Waals surface area contributed by atoms with Crippen molar-refractivity contribution < 1.29 is 95.3 Å². The van der Waals surface area contributed by atoms with Crippen LogP contribution in [-0.2, 0) is 42.6 Å². The third kappa shape index (κ3) is 20.7. The third-order valence-electron chi connectivity index (χ3n) is 12.4. The van der Waals surface area contributed by atoms with E-state index in [0.29, 0.717) is 47.6 Å². The first-order chi connectivity index (χ1) is 44.1. The number of nitrogens with one attached hydrogen (secondary N) is 1. The number of H-pyrrole nitrogens is 1. The summed E-state index contributed by atoms with van der Waals surface area (Å²) in [6.45, 7) is 18.7. The molecule has 7 aromatic rings. The summed E-state index contributed by atoms with van der Waals surface area (Å²) in [5.41, 5.74) is 3.06. The second kappa shape index (κ2) is 34.3. The SMILES string of the molecule is CC1(C)OB(c2ccc3c(c2)OCO3)OC1(C)C.CCOC(=O)C#CC(=O)OCC.CCOC(=O)c1cc(-c2ccc3c(c2)OCO3)ncn1.CCOC(=O)c1cc(=O)[nH]cn1.CCOC(=O)c1cc(Cl)ncn1.O=C(O)c1cc(-c2ccc3c(c2)OCO3)ncn1. The number of aromatic carboxylic acids is 1. The van der Waals surface area contributed by atoms with Gasteiger partial charge in [0.05, 0.1) is 62.0 Å². The molecule has 2 N–H and O–H groups in total. The summed E-state index contributed by atoms with van der Waals surface area (Å²) < 4.78 is 66.8. The molecule has 0 aliphatic carbocycles. The van der Waals surface area contributed by atoms with Gasteiger partial charge in [-0.25, -0.2) is 63.7 Å². The van der Waals surface area contributed by atoms with Gasteiger partial charge >= 0.3 is 42.9 Å². The van der Waals surface area contributed by atoms with Crippen LogP contribution in [0.5, 0.6) is 34.5 Å². The van der Waals surface area contributed by atoms with E-state index in [-0.39, 0.29) is 92.0 Å². The van der Waals surface area contributed by atoms with Gasteiger partial charge in [-0.05, 0) is 128 Å². The second-order valence-corrected chi connectivity index (χ2v) is 19.5. The van der Waals surface area contributed by atoms with Crippen LogP contribution in [0, 0.1) is 11.8 Å². The van der Waals surface area contributed by atoms with Crippen LogP contribution in [0.3, 0.4) is 0 Å². The monoisotopic (exact) mass is 1290 g/mol. The normalized spacial score (nSPS) is 13.2. The fourth-order valence-corrected chi connectivity index (χ4v) is 7.53. The second-order valence-electron chi connectivity index (χ2n) is 19.1. The topological polar surface area (TPSA) is 366 Å². The van der Waals surface area contributed by atoms with Gasteiger partial charge in [-0.2, -0.15) is 0 Å². The van der Waals surface area contributed by atoms with E-state index in [1.807, 2.05) is 75.9 Å². The lowest BCUT2D eigenvalue weighted by Crippen LogP contribution is -2.41. The predicted octanol–water partition coefficient (Wildman–Crippen LogP) is 6.70. The lowest BCUT2D eigenvalue weighted by atomic mass is 9.79. The maximum Gasteiger partial charge on any atom is 0.494 e. The molecule has 4 aromatic heterocycles. The van der Waals surface area contributed by atoms with Gasteiger partial charge in [-0.15, -0.1) is 0 Å². The summed E-state index contributed by atoms with van der Waals surface area (Å²) in [4.78, 5) is 105. The molecule has 0 unspecified atom stereocenters. The van der Waals surface area contributed by atoms with Crippen molar-refractivity contribution >= 4 is 60.0 Å². The standard InChI is InChI=1S/C14H12N2O4.C13H17BO4.C12H8N2O4.C8H10O4.C7H7ClN2O2.C7H8N2O3/c1-2-18-14(17)11-6-10(15-7-16-11)9-3-4-12-13(5-9)20-8-19-12;1-12(2)13(3,4)18-14(17-12)9-5-6-10-11(7-9)16-8-15-10;15-12(16)9-4-8(13-5-14-9)7-1-2-10-11(3-7)18-6-17-10;1-3-11-7(9)5-6-8(10)12-4-2;1-2-12-7(11)5-3-6(8)10-4-9-5;1-2-12-7(11)5-3-6(10)9-4-8-5/h3-7H,2,8H2,1H3;5-7H,8H2,1-4H3;1-5H,6H2,(H,15,16);3-4H2,1-2H3;3-4H,2H2,1H3;3-4H,2H2,1H3,(H,8,9,10). The van der Waals surface area contributed by atoms with Crippen molar-refractivity contribution in [1.29, 1.82) is 0 Å². The van der Waals surface area contributed by atoms with Crippen molar-refractivity contribution in [2.75, 3.05) is 53.4 Å². The minimum Gasteiger partial charge on any atom is -0.477 e. The number of benzene rings is 3. The van der Waals surface area contributed by atoms with E-state index < -0.39 is 35.8 Å². The molecule has 0 spiro atoms. The van der Waals surface area contributed by atoms with Crippen molar-refractivity contribution in [3.8, 4) is 68.9 Å². The highest BCUT2D eigenvalue weighted by molar-refractivity contribution is 6.62. The minimum absolute atomic E-state index is 0.0283. The molecule has 0 amide bonds. The van der Waals surface area contributed by atoms with E-state index in [2.05, 4.69) is 54.1 Å². The number of halogens is 1. The first-order valence-corrected chi connectivity index (χ1v) is 28.3. The number of aromatic amines is 1. The summed E-state index contributed by atoms with van der Waals surface area (Å²) >= 11 is 5.53. The van der Waals surface area contributed by atoms with Crippen molar-refractivity contribution in [2.24, 2.45) is 0 Å². The number of hydrogen-bond donors (Lipinski definition) is 2. The number of carbonyl (C=O) groups excluding carboxylic acids is 5. The highest BCUT2D eigenvalue weighted by Gasteiger charge is 2.52.